The third-order valence-corrected chi connectivity index (χ3v) is 3.04. The molecule has 0 heterocycles. The van der Waals surface area contributed by atoms with Crippen molar-refractivity contribution in [3.63, 3.8) is 0 Å². The van der Waals surface area contributed by atoms with Crippen molar-refractivity contribution in [3.8, 4) is 5.75 Å². The second-order valence-electron chi connectivity index (χ2n) is 5.45. The molecule has 0 aliphatic rings. The Balaban J connectivity index is 2.54. The fourth-order valence-electron chi connectivity index (χ4n) is 1.93. The second-order valence-corrected chi connectivity index (χ2v) is 5.45. The van der Waals surface area contributed by atoms with Crippen LogP contribution in [-0.2, 0) is 14.3 Å². The monoisotopic (exact) mass is 322 g/mol. The van der Waals surface area contributed by atoms with Crippen LogP contribution in [-0.4, -0.2) is 37.5 Å². The van der Waals surface area contributed by atoms with E-state index in [1.165, 1.54) is 19.2 Å². The number of esters is 1. The molecule has 0 unspecified atom stereocenters. The van der Waals surface area contributed by atoms with Crippen molar-refractivity contribution in [1.29, 1.82) is 0 Å². The maximum Gasteiger partial charge on any atom is 0.328 e. The van der Waals surface area contributed by atoms with Crippen LogP contribution in [0.2, 0.25) is 0 Å². The average molecular weight is 322 g/mol. The van der Waals surface area contributed by atoms with E-state index in [9.17, 15) is 14.4 Å². The molecule has 23 heavy (non-hydrogen) atoms. The largest absolute Gasteiger partial charge is 0.484 e. The van der Waals surface area contributed by atoms with E-state index < -0.39 is 23.8 Å². The molecule has 1 aromatic rings. The molecule has 1 atom stereocenters. The first-order valence-electron chi connectivity index (χ1n) is 7.23. The molecule has 0 aliphatic heterocycles. The first kappa shape index (κ1) is 18.5. The number of benzene rings is 1. The molecule has 0 radical (unpaired) electrons. The van der Waals surface area contributed by atoms with Crippen LogP contribution in [0.25, 0.3) is 0 Å². The van der Waals surface area contributed by atoms with Crippen LogP contribution < -0.4 is 15.8 Å². The number of amides is 2. The number of primary amides is 1. The summed E-state index contributed by atoms with van der Waals surface area (Å²) in [6.07, 6.45) is 0.478. The first-order chi connectivity index (χ1) is 10.8. The number of carbonyl (C=O) groups excluding carboxylic acids is 3. The van der Waals surface area contributed by atoms with Crippen molar-refractivity contribution in [3.05, 3.63) is 29.8 Å². The molecular weight excluding hydrogens is 300 g/mol. The number of hydrogen-bond acceptors (Lipinski definition) is 5. The van der Waals surface area contributed by atoms with Crippen LogP contribution in [0.3, 0.4) is 0 Å². The highest BCUT2D eigenvalue weighted by Crippen LogP contribution is 2.12. The first-order valence-corrected chi connectivity index (χ1v) is 7.23. The topological polar surface area (TPSA) is 108 Å². The van der Waals surface area contributed by atoms with E-state index in [4.69, 9.17) is 10.5 Å². The van der Waals surface area contributed by atoms with Crippen molar-refractivity contribution >= 4 is 17.8 Å². The molecule has 3 N–H and O–H groups in total. The van der Waals surface area contributed by atoms with Crippen LogP contribution in [0.15, 0.2) is 24.3 Å². The predicted molar refractivity (Wildman–Crippen MR) is 83.9 cm³/mol. The lowest BCUT2D eigenvalue weighted by Crippen LogP contribution is -2.44. The molecule has 0 saturated carbocycles. The molecule has 0 bridgehead atoms. The van der Waals surface area contributed by atoms with Crippen molar-refractivity contribution < 1.29 is 23.9 Å². The van der Waals surface area contributed by atoms with Gasteiger partial charge >= 0.3 is 5.97 Å². The molecule has 0 aliphatic carbocycles. The highest BCUT2D eigenvalue weighted by molar-refractivity contribution is 5.92. The molecule has 7 nitrogen and oxygen atoms in total. The Morgan fingerprint density at radius 1 is 1.17 bits per heavy atom. The minimum atomic E-state index is -0.701. The molecule has 1 rings (SSSR count). The maximum atomic E-state index is 11.9. The van der Waals surface area contributed by atoms with Gasteiger partial charge in [0.15, 0.2) is 6.61 Å². The Bertz CT molecular complexity index is 554. The van der Waals surface area contributed by atoms with E-state index in [0.29, 0.717) is 17.7 Å². The SMILES string of the molecule is COC(=O)[C@@H](CC(C)C)NC(=O)COc1ccc(C(N)=O)cc1. The Kier molecular flexibility index (Phi) is 7.05. The summed E-state index contributed by atoms with van der Waals surface area (Å²) in [5.74, 6) is -0.813. The van der Waals surface area contributed by atoms with Gasteiger partial charge in [0.2, 0.25) is 5.91 Å². The van der Waals surface area contributed by atoms with E-state index in [0.717, 1.165) is 0 Å². The second kappa shape index (κ2) is 8.77. The number of rotatable bonds is 8. The van der Waals surface area contributed by atoms with Gasteiger partial charge in [-0.05, 0) is 36.6 Å². The molecule has 2 amide bonds. The van der Waals surface area contributed by atoms with Gasteiger partial charge in [-0.2, -0.15) is 0 Å². The zero-order valence-corrected chi connectivity index (χ0v) is 13.5. The summed E-state index contributed by atoms with van der Waals surface area (Å²) < 4.78 is 9.98. The van der Waals surface area contributed by atoms with Gasteiger partial charge in [-0.3, -0.25) is 9.59 Å². The molecule has 7 heteroatoms. The third kappa shape index (κ3) is 6.37. The van der Waals surface area contributed by atoms with Crippen molar-refractivity contribution in [2.75, 3.05) is 13.7 Å². The minimum absolute atomic E-state index is 0.224. The van der Waals surface area contributed by atoms with Gasteiger partial charge in [0.05, 0.1) is 7.11 Å². The smallest absolute Gasteiger partial charge is 0.328 e. The molecule has 0 saturated heterocycles. The number of nitrogens with two attached hydrogens (primary N) is 1. The van der Waals surface area contributed by atoms with E-state index in [2.05, 4.69) is 10.1 Å². The summed E-state index contributed by atoms with van der Waals surface area (Å²) in [7, 11) is 1.28. The van der Waals surface area contributed by atoms with Gasteiger partial charge in [-0.25, -0.2) is 4.79 Å². The van der Waals surface area contributed by atoms with E-state index >= 15 is 0 Å². The molecule has 0 aromatic heterocycles. The zero-order valence-electron chi connectivity index (χ0n) is 13.5. The van der Waals surface area contributed by atoms with Crippen LogP contribution in [0.4, 0.5) is 0 Å². The van der Waals surface area contributed by atoms with Gasteiger partial charge in [-0.15, -0.1) is 0 Å². The van der Waals surface area contributed by atoms with Gasteiger partial charge in [0.25, 0.3) is 5.91 Å². The summed E-state index contributed by atoms with van der Waals surface area (Å²) in [5, 5.41) is 2.59. The van der Waals surface area contributed by atoms with E-state index in [1.807, 2.05) is 13.8 Å². The van der Waals surface area contributed by atoms with Gasteiger partial charge in [0, 0.05) is 5.56 Å². The van der Waals surface area contributed by atoms with Crippen molar-refractivity contribution in [1.82, 2.24) is 5.32 Å². The molecule has 0 spiro atoms. The average Bonchev–Trinajstić information content (AvgIpc) is 2.51. The standard InChI is InChI=1S/C16H22N2O5/c1-10(2)8-13(16(21)22-3)18-14(19)9-23-12-6-4-11(5-7-12)15(17)20/h4-7,10,13H,8-9H2,1-3H3,(H2,17,20)(H,18,19)/t13-/m1/s1. The fraction of sp³-hybridized carbons (Fsp3) is 0.438. The van der Waals surface area contributed by atoms with Gasteiger partial charge < -0.3 is 20.5 Å². The lowest BCUT2D eigenvalue weighted by Gasteiger charge is -2.18. The van der Waals surface area contributed by atoms with Gasteiger partial charge in [0.1, 0.15) is 11.8 Å². The van der Waals surface area contributed by atoms with E-state index in [1.54, 1.807) is 12.1 Å². The molecule has 0 fully saturated rings. The van der Waals surface area contributed by atoms with Crippen LogP contribution in [0.1, 0.15) is 30.6 Å². The summed E-state index contributed by atoms with van der Waals surface area (Å²) in [6.45, 7) is 3.64. The number of methoxy groups -OCH3 is 1. The Morgan fingerprint density at radius 3 is 2.26 bits per heavy atom. The Morgan fingerprint density at radius 2 is 1.78 bits per heavy atom. The number of carbonyl (C=O) groups is 3. The highest BCUT2D eigenvalue weighted by Gasteiger charge is 2.22. The highest BCUT2D eigenvalue weighted by atomic mass is 16.5. The zero-order chi connectivity index (χ0) is 17.4. The molecular formula is C16H22N2O5. The number of nitrogens with one attached hydrogen (secondary N) is 1. The fourth-order valence-corrected chi connectivity index (χ4v) is 1.93. The van der Waals surface area contributed by atoms with Gasteiger partial charge in [-0.1, -0.05) is 13.8 Å². The number of ether oxygens (including phenoxy) is 2. The van der Waals surface area contributed by atoms with Crippen molar-refractivity contribution in [2.45, 2.75) is 26.3 Å². The van der Waals surface area contributed by atoms with Crippen molar-refractivity contribution in [2.24, 2.45) is 11.7 Å². The molecule has 126 valence electrons. The molecule has 1 aromatic carbocycles. The predicted octanol–water partition coefficient (Wildman–Crippen LogP) is 0.868. The minimum Gasteiger partial charge on any atom is -0.484 e. The summed E-state index contributed by atoms with van der Waals surface area (Å²) in [6, 6.07) is 5.39. The lowest BCUT2D eigenvalue weighted by molar-refractivity contribution is -0.145. The summed E-state index contributed by atoms with van der Waals surface area (Å²) >= 11 is 0. The Hall–Kier alpha value is -2.57. The van der Waals surface area contributed by atoms with Crippen LogP contribution >= 0.6 is 0 Å². The number of hydrogen-bond donors (Lipinski definition) is 2. The quantitative estimate of drug-likeness (QED) is 0.690. The Labute approximate surface area is 135 Å². The maximum absolute atomic E-state index is 11.9. The summed E-state index contributed by atoms with van der Waals surface area (Å²) in [5.41, 5.74) is 5.49. The van der Waals surface area contributed by atoms with Crippen LogP contribution in [0.5, 0.6) is 5.75 Å². The third-order valence-electron chi connectivity index (χ3n) is 3.04. The van der Waals surface area contributed by atoms with Crippen LogP contribution in [0, 0.1) is 5.92 Å². The summed E-state index contributed by atoms with van der Waals surface area (Å²) in [4.78, 5) is 34.5. The van der Waals surface area contributed by atoms with E-state index in [-0.39, 0.29) is 12.5 Å². The normalized spacial score (nSPS) is 11.7. The lowest BCUT2D eigenvalue weighted by atomic mass is 10.0.